The predicted molar refractivity (Wildman–Crippen MR) is 106 cm³/mol. The highest BCUT2D eigenvalue weighted by atomic mass is 19.1. The molecule has 10 heteroatoms. The number of rotatable bonds is 8. The average molecular weight is 411 g/mol. The van der Waals surface area contributed by atoms with Gasteiger partial charge in [0.1, 0.15) is 11.7 Å². The van der Waals surface area contributed by atoms with Crippen molar-refractivity contribution in [2.45, 2.75) is 31.7 Å². The fraction of sp³-hybridized carbons (Fsp3) is 0.350. The van der Waals surface area contributed by atoms with Gasteiger partial charge in [-0.2, -0.15) is 10.4 Å². The molecule has 0 unspecified atom stereocenters. The fourth-order valence-corrected chi connectivity index (χ4v) is 3.03. The summed E-state index contributed by atoms with van der Waals surface area (Å²) in [5.41, 5.74) is -0.710. The van der Waals surface area contributed by atoms with Crippen LogP contribution in [0.5, 0.6) is 0 Å². The molecule has 0 aliphatic heterocycles. The number of hydrogen-bond donors (Lipinski definition) is 3. The Labute approximate surface area is 172 Å². The van der Waals surface area contributed by atoms with E-state index in [1.54, 1.807) is 12.1 Å². The van der Waals surface area contributed by atoms with Crippen molar-refractivity contribution in [2.24, 2.45) is 0 Å². The molecule has 1 amide bonds. The van der Waals surface area contributed by atoms with E-state index in [9.17, 15) is 9.90 Å². The van der Waals surface area contributed by atoms with Crippen molar-refractivity contribution in [3.05, 3.63) is 59.8 Å². The van der Waals surface area contributed by atoms with Crippen LogP contribution in [0.25, 0.3) is 5.65 Å². The summed E-state index contributed by atoms with van der Waals surface area (Å²) in [6.45, 7) is 3.73. The van der Waals surface area contributed by atoms with Crippen LogP contribution >= 0.6 is 0 Å². The molecule has 3 rings (SSSR count). The molecule has 0 radical (unpaired) electrons. The second kappa shape index (κ2) is 8.94. The number of amides is 1. The summed E-state index contributed by atoms with van der Waals surface area (Å²) in [6.07, 6.45) is 5.16. The van der Waals surface area contributed by atoms with Gasteiger partial charge >= 0.3 is 0 Å². The first-order valence-electron chi connectivity index (χ1n) is 9.38. The van der Waals surface area contributed by atoms with Crippen molar-refractivity contribution in [3.63, 3.8) is 0 Å². The quantitative estimate of drug-likeness (QED) is 0.507. The number of aliphatic hydroxyl groups is 1. The van der Waals surface area contributed by atoms with Crippen LogP contribution in [-0.2, 0) is 0 Å². The molecule has 3 atom stereocenters. The van der Waals surface area contributed by atoms with E-state index in [0.717, 1.165) is 0 Å². The minimum Gasteiger partial charge on any atom is -0.386 e. The third kappa shape index (κ3) is 4.42. The van der Waals surface area contributed by atoms with Crippen molar-refractivity contribution in [1.82, 2.24) is 30.2 Å². The number of aromatic nitrogens is 4. The minimum atomic E-state index is -1.89. The van der Waals surface area contributed by atoms with Crippen LogP contribution in [0.3, 0.4) is 0 Å². The number of halogens is 1. The third-order valence-electron chi connectivity index (χ3n) is 4.68. The van der Waals surface area contributed by atoms with E-state index >= 15 is 4.39 Å². The lowest BCUT2D eigenvalue weighted by molar-refractivity contribution is -0.0331. The number of likely N-dealkylation sites (N-methyl/N-ethyl adjacent to an activating group) is 1. The summed E-state index contributed by atoms with van der Waals surface area (Å²) in [5, 5.41) is 29.5. The van der Waals surface area contributed by atoms with Gasteiger partial charge in [0.15, 0.2) is 11.8 Å². The summed E-state index contributed by atoms with van der Waals surface area (Å²) in [4.78, 5) is 20.8. The van der Waals surface area contributed by atoms with Gasteiger partial charge in [0, 0.05) is 30.7 Å². The number of nitrogens with zero attached hydrogens (tertiary/aromatic N) is 5. The normalized spacial score (nSPS) is 15.2. The lowest BCUT2D eigenvalue weighted by Gasteiger charge is -2.33. The Morgan fingerprint density at radius 1 is 1.43 bits per heavy atom. The van der Waals surface area contributed by atoms with Gasteiger partial charge in [-0.15, -0.1) is 0 Å². The van der Waals surface area contributed by atoms with E-state index in [2.05, 4.69) is 25.7 Å². The predicted octanol–water partition coefficient (Wildman–Crippen LogP) is 1.17. The third-order valence-corrected chi connectivity index (χ3v) is 4.68. The zero-order chi connectivity index (χ0) is 21.7. The van der Waals surface area contributed by atoms with Gasteiger partial charge in [-0.25, -0.2) is 13.9 Å². The highest BCUT2D eigenvalue weighted by molar-refractivity contribution is 5.94. The average Bonchev–Trinajstić information content (AvgIpc) is 3.18. The minimum absolute atomic E-state index is 0.0187. The molecule has 3 N–H and O–H groups in total. The van der Waals surface area contributed by atoms with Crippen LogP contribution in [0, 0.1) is 11.3 Å². The SMILES string of the molecule is CCNC[C@@](C)(O)[C@H](F)[C@H](NC(=O)c1cccnc1)c1cnn2cc(C#N)cnc12. The summed E-state index contributed by atoms with van der Waals surface area (Å²) < 4.78 is 17.0. The number of nitriles is 1. The van der Waals surface area contributed by atoms with E-state index in [0.29, 0.717) is 6.54 Å². The first-order chi connectivity index (χ1) is 14.4. The summed E-state index contributed by atoms with van der Waals surface area (Å²) in [5.74, 6) is -0.553. The highest BCUT2D eigenvalue weighted by Crippen LogP contribution is 2.30. The Balaban J connectivity index is 2.01. The molecule has 0 saturated heterocycles. The molecule has 3 aromatic rings. The van der Waals surface area contributed by atoms with E-state index < -0.39 is 23.7 Å². The zero-order valence-electron chi connectivity index (χ0n) is 16.6. The number of fused-ring (bicyclic) bond motifs is 1. The second-order valence-corrected chi connectivity index (χ2v) is 7.05. The van der Waals surface area contributed by atoms with Gasteiger partial charge in [-0.05, 0) is 25.6 Å². The van der Waals surface area contributed by atoms with Gasteiger partial charge in [0.05, 0.1) is 29.6 Å². The number of alkyl halides is 1. The monoisotopic (exact) mass is 411 g/mol. The Morgan fingerprint density at radius 2 is 2.23 bits per heavy atom. The Bertz CT molecular complexity index is 1060. The summed E-state index contributed by atoms with van der Waals surface area (Å²) in [7, 11) is 0. The molecule has 0 spiro atoms. The number of carbonyl (C=O) groups excluding carboxylic acids is 1. The molecule has 0 fully saturated rings. The van der Waals surface area contributed by atoms with Crippen molar-refractivity contribution < 1.29 is 14.3 Å². The van der Waals surface area contributed by atoms with E-state index in [-0.39, 0.29) is 28.9 Å². The highest BCUT2D eigenvalue weighted by Gasteiger charge is 2.41. The molecular weight excluding hydrogens is 389 g/mol. The maximum absolute atomic E-state index is 15.6. The van der Waals surface area contributed by atoms with Gasteiger partial charge in [0.25, 0.3) is 5.91 Å². The van der Waals surface area contributed by atoms with Gasteiger partial charge in [-0.3, -0.25) is 9.78 Å². The molecule has 3 aromatic heterocycles. The van der Waals surface area contributed by atoms with Crippen LogP contribution in [0.15, 0.2) is 43.1 Å². The number of pyridine rings is 1. The molecule has 156 valence electrons. The summed E-state index contributed by atoms with van der Waals surface area (Å²) >= 11 is 0. The van der Waals surface area contributed by atoms with Gasteiger partial charge in [-0.1, -0.05) is 6.92 Å². The number of nitrogens with one attached hydrogen (secondary N) is 2. The summed E-state index contributed by atoms with van der Waals surface area (Å²) in [6, 6.07) is 3.86. The Morgan fingerprint density at radius 3 is 2.90 bits per heavy atom. The molecular formula is C20H22FN7O2. The maximum Gasteiger partial charge on any atom is 0.253 e. The Kier molecular flexibility index (Phi) is 6.34. The van der Waals surface area contributed by atoms with Crippen molar-refractivity contribution in [2.75, 3.05) is 13.1 Å². The van der Waals surface area contributed by atoms with Crippen LogP contribution in [0.1, 0.15) is 41.4 Å². The van der Waals surface area contributed by atoms with Crippen LogP contribution in [0.4, 0.5) is 4.39 Å². The number of hydrogen-bond acceptors (Lipinski definition) is 7. The molecule has 30 heavy (non-hydrogen) atoms. The van der Waals surface area contributed by atoms with E-state index in [1.807, 2.05) is 13.0 Å². The second-order valence-electron chi connectivity index (χ2n) is 7.05. The molecule has 0 aromatic carbocycles. The molecule has 9 nitrogen and oxygen atoms in total. The molecule has 0 bridgehead atoms. The van der Waals surface area contributed by atoms with Crippen LogP contribution in [0.2, 0.25) is 0 Å². The van der Waals surface area contributed by atoms with Crippen LogP contribution < -0.4 is 10.6 Å². The maximum atomic E-state index is 15.6. The topological polar surface area (TPSA) is 128 Å². The van der Waals surface area contributed by atoms with Crippen molar-refractivity contribution in [3.8, 4) is 6.07 Å². The zero-order valence-corrected chi connectivity index (χ0v) is 16.6. The number of carbonyl (C=O) groups is 1. The fourth-order valence-electron chi connectivity index (χ4n) is 3.03. The first-order valence-corrected chi connectivity index (χ1v) is 9.38. The lowest BCUT2D eigenvalue weighted by atomic mass is 9.90. The van der Waals surface area contributed by atoms with Crippen molar-refractivity contribution >= 4 is 11.6 Å². The molecule has 0 aliphatic rings. The van der Waals surface area contributed by atoms with Crippen molar-refractivity contribution in [1.29, 1.82) is 5.26 Å². The van der Waals surface area contributed by atoms with E-state index in [4.69, 9.17) is 5.26 Å². The molecule has 3 heterocycles. The lowest BCUT2D eigenvalue weighted by Crippen LogP contribution is -2.51. The standard InChI is InChI=1S/C20H22FN7O2/c1-3-23-12-20(2,30)17(21)16(27-19(29)14-5-4-6-24-9-14)15-10-26-28-11-13(7-22)8-25-18(15)28/h4-6,8-11,16-17,23,30H,3,12H2,1-2H3,(H,27,29)/t16-,17-,20-/m1/s1. The molecule has 0 saturated carbocycles. The van der Waals surface area contributed by atoms with Crippen LogP contribution in [-0.4, -0.2) is 55.5 Å². The first kappa shape index (κ1) is 21.3. The largest absolute Gasteiger partial charge is 0.386 e. The molecule has 0 aliphatic carbocycles. The Hall–Kier alpha value is -3.42. The van der Waals surface area contributed by atoms with Gasteiger partial charge in [0.2, 0.25) is 0 Å². The van der Waals surface area contributed by atoms with E-state index in [1.165, 1.54) is 42.4 Å². The smallest absolute Gasteiger partial charge is 0.253 e. The van der Waals surface area contributed by atoms with Gasteiger partial charge < -0.3 is 15.7 Å².